The summed E-state index contributed by atoms with van der Waals surface area (Å²) < 4.78 is 0.475. The predicted molar refractivity (Wildman–Crippen MR) is 76.1 cm³/mol. The maximum atomic E-state index is 12.2. The van der Waals surface area contributed by atoms with Gasteiger partial charge in [0.05, 0.1) is 4.92 Å². The largest absolute Gasteiger partial charge is 0.289 e. The predicted octanol–water partition coefficient (Wildman–Crippen LogP) is 3.99. The fraction of sp³-hybridized carbons (Fsp3) is 0. The highest BCUT2D eigenvalue weighted by Gasteiger charge is 2.14. The lowest BCUT2D eigenvalue weighted by Crippen LogP contribution is -2.02. The van der Waals surface area contributed by atoms with E-state index in [4.69, 9.17) is 0 Å². The molecule has 100 valence electrons. The Labute approximate surface area is 121 Å². The Morgan fingerprint density at radius 3 is 2.50 bits per heavy atom. The highest BCUT2D eigenvalue weighted by Crippen LogP contribution is 2.27. The van der Waals surface area contributed by atoms with Gasteiger partial charge in [0, 0.05) is 27.7 Å². The molecule has 0 amide bonds. The van der Waals surface area contributed by atoms with Gasteiger partial charge in [0.15, 0.2) is 5.78 Å². The van der Waals surface area contributed by atoms with Crippen LogP contribution in [0.25, 0.3) is 0 Å². The summed E-state index contributed by atoms with van der Waals surface area (Å²) in [5, 5.41) is 13.5. The smallest absolute Gasteiger partial charge is 0.270 e. The van der Waals surface area contributed by atoms with Crippen LogP contribution in [-0.2, 0) is 0 Å². The van der Waals surface area contributed by atoms with Crippen molar-refractivity contribution < 1.29 is 9.72 Å². The molecule has 0 unspecified atom stereocenters. The summed E-state index contributed by atoms with van der Waals surface area (Å²) in [6, 6.07) is 9.78. The molecule has 0 aliphatic rings. The van der Waals surface area contributed by atoms with Crippen LogP contribution in [0.1, 0.15) is 15.9 Å². The van der Waals surface area contributed by atoms with Crippen LogP contribution in [0, 0.1) is 15.0 Å². The number of nitro groups is 1. The van der Waals surface area contributed by atoms with Gasteiger partial charge in [0.1, 0.15) is 5.69 Å². The van der Waals surface area contributed by atoms with Crippen LogP contribution in [0.15, 0.2) is 52.1 Å². The first-order valence-corrected chi connectivity index (χ1v) is 6.24. The fourth-order valence-corrected chi connectivity index (χ4v) is 1.97. The molecule has 0 atom stereocenters. The van der Waals surface area contributed by atoms with E-state index >= 15 is 0 Å². The van der Waals surface area contributed by atoms with E-state index in [0.29, 0.717) is 4.47 Å². The lowest BCUT2D eigenvalue weighted by Gasteiger charge is -2.03. The Kier molecular flexibility index (Phi) is 3.99. The lowest BCUT2D eigenvalue weighted by molar-refractivity contribution is -0.384. The number of hydrogen-bond acceptors (Lipinski definition) is 5. The van der Waals surface area contributed by atoms with E-state index in [1.165, 1.54) is 42.5 Å². The number of nitro benzene ring substituents is 1. The summed E-state index contributed by atoms with van der Waals surface area (Å²) in [5.74, 6) is -0.411. The van der Waals surface area contributed by atoms with Gasteiger partial charge in [-0.25, -0.2) is 0 Å². The van der Waals surface area contributed by atoms with E-state index in [1.54, 1.807) is 0 Å². The Balaban J connectivity index is 2.43. The molecule has 2 aromatic rings. The van der Waals surface area contributed by atoms with Gasteiger partial charge in [-0.2, -0.15) is 0 Å². The zero-order valence-corrected chi connectivity index (χ0v) is 11.5. The average Bonchev–Trinajstić information content (AvgIpc) is 2.47. The van der Waals surface area contributed by atoms with Crippen LogP contribution in [0.5, 0.6) is 0 Å². The van der Waals surface area contributed by atoms with E-state index in [1.807, 2.05) is 0 Å². The summed E-state index contributed by atoms with van der Waals surface area (Å²) in [4.78, 5) is 32.9. The van der Waals surface area contributed by atoms with Crippen LogP contribution in [-0.4, -0.2) is 10.7 Å². The fourth-order valence-electron chi connectivity index (χ4n) is 1.65. The molecule has 0 heterocycles. The van der Waals surface area contributed by atoms with Crippen LogP contribution in [0.4, 0.5) is 11.4 Å². The highest BCUT2D eigenvalue weighted by molar-refractivity contribution is 9.10. The molecule has 0 saturated carbocycles. The first-order chi connectivity index (χ1) is 9.52. The molecule has 6 nitrogen and oxygen atoms in total. The molecule has 0 N–H and O–H groups in total. The number of rotatable bonds is 4. The molecule has 0 aromatic heterocycles. The molecule has 0 radical (unpaired) electrons. The molecule has 0 fully saturated rings. The zero-order valence-electron chi connectivity index (χ0n) is 9.95. The van der Waals surface area contributed by atoms with Gasteiger partial charge in [-0.1, -0.05) is 12.1 Å². The number of benzene rings is 2. The second-order valence-corrected chi connectivity index (χ2v) is 4.75. The normalized spacial score (nSPS) is 10.1. The molecule has 0 bridgehead atoms. The van der Waals surface area contributed by atoms with Gasteiger partial charge < -0.3 is 0 Å². The van der Waals surface area contributed by atoms with E-state index in [9.17, 15) is 19.8 Å². The maximum Gasteiger partial charge on any atom is 0.270 e. The minimum absolute atomic E-state index is 0.0984. The number of halogens is 1. The summed E-state index contributed by atoms with van der Waals surface area (Å²) in [7, 11) is 0. The Morgan fingerprint density at radius 1 is 1.15 bits per heavy atom. The minimum Gasteiger partial charge on any atom is -0.289 e. The SMILES string of the molecule is O=Nc1cc(C(=O)c2cccc([N+](=O)[O-])c2)ccc1Br. The Hall–Kier alpha value is -2.41. The number of nitroso groups, excluding NO2 is 1. The van der Waals surface area contributed by atoms with Gasteiger partial charge in [0.25, 0.3) is 5.69 Å². The third kappa shape index (κ3) is 2.77. The Morgan fingerprint density at radius 2 is 1.85 bits per heavy atom. The molecule has 20 heavy (non-hydrogen) atoms. The monoisotopic (exact) mass is 334 g/mol. The average molecular weight is 335 g/mol. The number of ketones is 1. The summed E-state index contributed by atoms with van der Waals surface area (Å²) in [6.07, 6.45) is 0. The van der Waals surface area contributed by atoms with Gasteiger partial charge in [-0.15, -0.1) is 4.91 Å². The number of non-ortho nitro benzene ring substituents is 1. The maximum absolute atomic E-state index is 12.2. The van der Waals surface area contributed by atoms with Crippen molar-refractivity contribution in [1.29, 1.82) is 0 Å². The zero-order chi connectivity index (χ0) is 14.7. The third-order valence-electron chi connectivity index (χ3n) is 2.63. The molecular formula is C13H7BrN2O4. The van der Waals surface area contributed by atoms with E-state index < -0.39 is 10.7 Å². The van der Waals surface area contributed by atoms with Crippen LogP contribution in [0.2, 0.25) is 0 Å². The number of nitrogens with zero attached hydrogens (tertiary/aromatic N) is 2. The van der Waals surface area contributed by atoms with Gasteiger partial charge in [-0.05, 0) is 39.3 Å². The molecule has 7 heteroatoms. The van der Waals surface area contributed by atoms with Crippen molar-refractivity contribution in [1.82, 2.24) is 0 Å². The standard InChI is InChI=1S/C13H7BrN2O4/c14-11-5-4-9(7-12(11)15-18)13(17)8-2-1-3-10(6-8)16(19)20/h1-7H. The van der Waals surface area contributed by atoms with Crippen molar-refractivity contribution in [3.8, 4) is 0 Å². The molecule has 0 aliphatic heterocycles. The molecule has 2 aromatic carbocycles. The van der Waals surface area contributed by atoms with Crippen LogP contribution >= 0.6 is 15.9 Å². The summed E-state index contributed by atoms with van der Waals surface area (Å²) in [5.41, 5.74) is 0.352. The number of hydrogen-bond donors (Lipinski definition) is 0. The molecule has 0 saturated heterocycles. The van der Waals surface area contributed by atoms with Gasteiger partial charge in [-0.3, -0.25) is 14.9 Å². The van der Waals surface area contributed by atoms with Crippen molar-refractivity contribution in [2.45, 2.75) is 0 Å². The quantitative estimate of drug-likeness (QED) is 0.366. The van der Waals surface area contributed by atoms with Gasteiger partial charge >= 0.3 is 0 Å². The molecule has 0 aliphatic carbocycles. The van der Waals surface area contributed by atoms with Crippen molar-refractivity contribution in [2.24, 2.45) is 5.18 Å². The van der Waals surface area contributed by atoms with Crippen molar-refractivity contribution >= 4 is 33.1 Å². The van der Waals surface area contributed by atoms with Crippen molar-refractivity contribution in [3.05, 3.63) is 73.1 Å². The second kappa shape index (κ2) is 5.70. The van der Waals surface area contributed by atoms with E-state index in [-0.39, 0.29) is 22.5 Å². The Bertz CT molecular complexity index is 715. The highest BCUT2D eigenvalue weighted by atomic mass is 79.9. The van der Waals surface area contributed by atoms with Crippen molar-refractivity contribution in [3.63, 3.8) is 0 Å². The second-order valence-electron chi connectivity index (χ2n) is 3.89. The first kappa shape index (κ1) is 14.0. The van der Waals surface area contributed by atoms with Crippen molar-refractivity contribution in [2.75, 3.05) is 0 Å². The van der Waals surface area contributed by atoms with Crippen LogP contribution < -0.4 is 0 Å². The molecular weight excluding hydrogens is 328 g/mol. The van der Waals surface area contributed by atoms with E-state index in [0.717, 1.165) is 0 Å². The lowest BCUT2D eigenvalue weighted by atomic mass is 10.0. The van der Waals surface area contributed by atoms with Crippen LogP contribution in [0.3, 0.4) is 0 Å². The van der Waals surface area contributed by atoms with E-state index in [2.05, 4.69) is 21.1 Å². The molecule has 0 spiro atoms. The molecule has 2 rings (SSSR count). The first-order valence-electron chi connectivity index (χ1n) is 5.45. The number of carbonyl (C=O) groups is 1. The number of carbonyl (C=O) groups excluding carboxylic acids is 1. The minimum atomic E-state index is -0.573. The summed E-state index contributed by atoms with van der Waals surface area (Å²) >= 11 is 3.13. The topological polar surface area (TPSA) is 89.6 Å². The van der Waals surface area contributed by atoms with Gasteiger partial charge in [0.2, 0.25) is 0 Å². The summed E-state index contributed by atoms with van der Waals surface area (Å²) in [6.45, 7) is 0. The third-order valence-corrected chi connectivity index (χ3v) is 3.30.